The van der Waals surface area contributed by atoms with Crippen LogP contribution in [0.15, 0.2) is 54.6 Å². The SMILES string of the molecule is COc1cccc(CC(CNC(C)C)Cc2ccccc2)c1. The largest absolute Gasteiger partial charge is 0.497 e. The second-order valence-electron chi connectivity index (χ2n) is 6.17. The van der Waals surface area contributed by atoms with Crippen molar-refractivity contribution in [2.24, 2.45) is 5.92 Å². The van der Waals surface area contributed by atoms with Gasteiger partial charge in [-0.2, -0.15) is 0 Å². The van der Waals surface area contributed by atoms with E-state index in [0.29, 0.717) is 12.0 Å². The van der Waals surface area contributed by atoms with Gasteiger partial charge in [0.05, 0.1) is 7.11 Å². The lowest BCUT2D eigenvalue weighted by Gasteiger charge is -2.20. The molecule has 1 N–H and O–H groups in total. The Morgan fingerprint density at radius 2 is 1.59 bits per heavy atom. The molecule has 2 heteroatoms. The smallest absolute Gasteiger partial charge is 0.119 e. The topological polar surface area (TPSA) is 21.3 Å². The molecule has 0 amide bonds. The molecule has 2 nitrogen and oxygen atoms in total. The molecular formula is C20H27NO. The Balaban J connectivity index is 2.05. The molecule has 0 aliphatic carbocycles. The molecule has 0 fully saturated rings. The van der Waals surface area contributed by atoms with Gasteiger partial charge in [-0.25, -0.2) is 0 Å². The van der Waals surface area contributed by atoms with Crippen LogP contribution in [-0.2, 0) is 12.8 Å². The standard InChI is InChI=1S/C20H27NO/c1-16(2)21-15-19(12-17-8-5-4-6-9-17)13-18-10-7-11-20(14-18)22-3/h4-11,14,16,19,21H,12-13,15H2,1-3H3. The zero-order chi connectivity index (χ0) is 15.8. The van der Waals surface area contributed by atoms with Gasteiger partial charge in [0, 0.05) is 6.04 Å². The van der Waals surface area contributed by atoms with Crippen molar-refractivity contribution in [3.63, 3.8) is 0 Å². The van der Waals surface area contributed by atoms with E-state index in [4.69, 9.17) is 4.74 Å². The highest BCUT2D eigenvalue weighted by Crippen LogP contribution is 2.18. The number of nitrogens with one attached hydrogen (secondary N) is 1. The first-order valence-corrected chi connectivity index (χ1v) is 8.07. The Bertz CT molecular complexity index is 551. The fourth-order valence-corrected chi connectivity index (χ4v) is 2.70. The van der Waals surface area contributed by atoms with Gasteiger partial charge in [-0.05, 0) is 48.6 Å². The van der Waals surface area contributed by atoms with E-state index in [-0.39, 0.29) is 0 Å². The van der Waals surface area contributed by atoms with Gasteiger partial charge in [-0.3, -0.25) is 0 Å². The molecule has 0 aromatic heterocycles. The molecule has 2 rings (SSSR count). The molecule has 118 valence electrons. The summed E-state index contributed by atoms with van der Waals surface area (Å²) in [6.07, 6.45) is 2.16. The fourth-order valence-electron chi connectivity index (χ4n) is 2.70. The highest BCUT2D eigenvalue weighted by atomic mass is 16.5. The minimum atomic E-state index is 0.517. The average Bonchev–Trinajstić information content (AvgIpc) is 2.54. The minimum absolute atomic E-state index is 0.517. The van der Waals surface area contributed by atoms with Crippen LogP contribution in [0.3, 0.4) is 0 Å². The van der Waals surface area contributed by atoms with Crippen LogP contribution >= 0.6 is 0 Å². The molecule has 1 unspecified atom stereocenters. The van der Waals surface area contributed by atoms with Crippen molar-refractivity contribution in [2.75, 3.05) is 13.7 Å². The highest BCUT2D eigenvalue weighted by Gasteiger charge is 2.12. The Morgan fingerprint density at radius 3 is 2.27 bits per heavy atom. The summed E-state index contributed by atoms with van der Waals surface area (Å²) in [6.45, 7) is 5.43. The monoisotopic (exact) mass is 297 g/mol. The van der Waals surface area contributed by atoms with E-state index < -0.39 is 0 Å². The van der Waals surface area contributed by atoms with Crippen molar-refractivity contribution < 1.29 is 4.74 Å². The van der Waals surface area contributed by atoms with Gasteiger partial charge in [0.1, 0.15) is 5.75 Å². The maximum Gasteiger partial charge on any atom is 0.119 e. The van der Waals surface area contributed by atoms with E-state index >= 15 is 0 Å². The highest BCUT2D eigenvalue weighted by molar-refractivity contribution is 5.29. The molecule has 0 saturated heterocycles. The second-order valence-corrected chi connectivity index (χ2v) is 6.17. The third kappa shape index (κ3) is 5.53. The zero-order valence-corrected chi connectivity index (χ0v) is 13.9. The van der Waals surface area contributed by atoms with E-state index in [0.717, 1.165) is 25.1 Å². The van der Waals surface area contributed by atoms with Gasteiger partial charge >= 0.3 is 0 Å². The van der Waals surface area contributed by atoms with E-state index in [9.17, 15) is 0 Å². The normalized spacial score (nSPS) is 12.4. The van der Waals surface area contributed by atoms with E-state index in [2.05, 4.69) is 67.7 Å². The molecule has 22 heavy (non-hydrogen) atoms. The maximum absolute atomic E-state index is 5.34. The quantitative estimate of drug-likeness (QED) is 0.792. The summed E-state index contributed by atoms with van der Waals surface area (Å²) < 4.78 is 5.34. The van der Waals surface area contributed by atoms with Crippen molar-refractivity contribution in [1.82, 2.24) is 5.32 Å². The molecule has 0 spiro atoms. The van der Waals surface area contributed by atoms with Crippen LogP contribution in [0, 0.1) is 5.92 Å². The Hall–Kier alpha value is -1.80. The Kier molecular flexibility index (Phi) is 6.47. The molecule has 0 radical (unpaired) electrons. The lowest BCUT2D eigenvalue weighted by molar-refractivity contribution is 0.412. The van der Waals surface area contributed by atoms with Crippen LogP contribution in [-0.4, -0.2) is 19.7 Å². The van der Waals surface area contributed by atoms with Crippen molar-refractivity contribution in [3.8, 4) is 5.75 Å². The van der Waals surface area contributed by atoms with Gasteiger partial charge in [0.2, 0.25) is 0 Å². The van der Waals surface area contributed by atoms with Crippen LogP contribution in [0.2, 0.25) is 0 Å². The molecule has 0 heterocycles. The number of ether oxygens (including phenoxy) is 1. The third-order valence-electron chi connectivity index (χ3n) is 3.84. The summed E-state index contributed by atoms with van der Waals surface area (Å²) in [7, 11) is 1.72. The molecule has 0 bridgehead atoms. The molecular weight excluding hydrogens is 270 g/mol. The van der Waals surface area contributed by atoms with Gasteiger partial charge in [-0.15, -0.1) is 0 Å². The summed E-state index contributed by atoms with van der Waals surface area (Å²) in [5.74, 6) is 1.52. The van der Waals surface area contributed by atoms with Gasteiger partial charge in [-0.1, -0.05) is 56.3 Å². The number of hydrogen-bond donors (Lipinski definition) is 1. The Morgan fingerprint density at radius 1 is 0.909 bits per heavy atom. The van der Waals surface area contributed by atoms with Gasteiger partial charge in [0.15, 0.2) is 0 Å². The van der Waals surface area contributed by atoms with Crippen molar-refractivity contribution in [3.05, 3.63) is 65.7 Å². The fraction of sp³-hybridized carbons (Fsp3) is 0.400. The lowest BCUT2D eigenvalue weighted by atomic mass is 9.92. The second kappa shape index (κ2) is 8.60. The number of hydrogen-bond acceptors (Lipinski definition) is 2. The first kappa shape index (κ1) is 16.6. The summed E-state index contributed by atoms with van der Waals surface area (Å²) in [5, 5.41) is 3.58. The van der Waals surface area contributed by atoms with E-state index in [1.165, 1.54) is 11.1 Å². The molecule has 0 aliphatic rings. The predicted molar refractivity (Wildman–Crippen MR) is 93.5 cm³/mol. The number of methoxy groups -OCH3 is 1. The van der Waals surface area contributed by atoms with Crippen molar-refractivity contribution in [2.45, 2.75) is 32.7 Å². The van der Waals surface area contributed by atoms with Crippen LogP contribution in [0.25, 0.3) is 0 Å². The summed E-state index contributed by atoms with van der Waals surface area (Å²) >= 11 is 0. The first-order valence-electron chi connectivity index (χ1n) is 8.07. The third-order valence-corrected chi connectivity index (χ3v) is 3.84. The predicted octanol–water partition coefficient (Wildman–Crippen LogP) is 4.09. The molecule has 1 atom stereocenters. The molecule has 2 aromatic carbocycles. The molecule has 0 aliphatic heterocycles. The van der Waals surface area contributed by atoms with Crippen LogP contribution in [0.5, 0.6) is 5.75 Å². The molecule has 2 aromatic rings. The van der Waals surface area contributed by atoms with Crippen molar-refractivity contribution >= 4 is 0 Å². The van der Waals surface area contributed by atoms with Crippen LogP contribution < -0.4 is 10.1 Å². The summed E-state index contributed by atoms with van der Waals surface area (Å²) in [6, 6.07) is 19.7. The van der Waals surface area contributed by atoms with E-state index in [1.54, 1.807) is 7.11 Å². The first-order chi connectivity index (χ1) is 10.7. The number of benzene rings is 2. The summed E-state index contributed by atoms with van der Waals surface area (Å²) in [4.78, 5) is 0. The van der Waals surface area contributed by atoms with Crippen LogP contribution in [0.1, 0.15) is 25.0 Å². The average molecular weight is 297 g/mol. The minimum Gasteiger partial charge on any atom is -0.497 e. The maximum atomic E-state index is 5.34. The van der Waals surface area contributed by atoms with Gasteiger partial charge in [0.25, 0.3) is 0 Å². The Labute approximate surface area is 134 Å². The number of rotatable bonds is 8. The van der Waals surface area contributed by atoms with E-state index in [1.807, 2.05) is 6.07 Å². The van der Waals surface area contributed by atoms with Gasteiger partial charge < -0.3 is 10.1 Å². The zero-order valence-electron chi connectivity index (χ0n) is 13.9. The van der Waals surface area contributed by atoms with Crippen molar-refractivity contribution in [1.29, 1.82) is 0 Å². The summed E-state index contributed by atoms with van der Waals surface area (Å²) in [5.41, 5.74) is 2.74. The molecule has 0 saturated carbocycles. The lowest BCUT2D eigenvalue weighted by Crippen LogP contribution is -2.31. The van der Waals surface area contributed by atoms with Crippen LogP contribution in [0.4, 0.5) is 0 Å².